The Morgan fingerprint density at radius 1 is 1.44 bits per heavy atom. The molecule has 0 aromatic carbocycles. The zero-order chi connectivity index (χ0) is 13.2. The average molecular weight is 274 g/mol. The fourth-order valence-corrected chi connectivity index (χ4v) is 3.44. The highest BCUT2D eigenvalue weighted by atomic mass is 32.2. The number of aromatic carboxylic acids is 1. The minimum absolute atomic E-state index is 0.0455. The second kappa shape index (κ2) is 5.11. The molecule has 0 amide bonds. The van der Waals surface area contributed by atoms with Gasteiger partial charge in [-0.2, -0.15) is 0 Å². The lowest BCUT2D eigenvalue weighted by Crippen LogP contribution is -2.21. The van der Waals surface area contributed by atoms with Crippen LogP contribution in [0.1, 0.15) is 29.2 Å². The molecule has 0 aliphatic carbocycles. The van der Waals surface area contributed by atoms with Gasteiger partial charge in [0.25, 0.3) is 0 Å². The van der Waals surface area contributed by atoms with Crippen LogP contribution in [0.25, 0.3) is 0 Å². The zero-order valence-corrected chi connectivity index (χ0v) is 10.5. The minimum atomic E-state index is -3.34. The van der Waals surface area contributed by atoms with Crippen LogP contribution in [0.2, 0.25) is 0 Å². The first-order chi connectivity index (χ1) is 8.46. The normalized spacial score (nSPS) is 20.1. The van der Waals surface area contributed by atoms with E-state index in [4.69, 9.17) is 14.3 Å². The molecule has 1 aromatic rings. The number of rotatable bonds is 5. The number of carbonyl (C=O) groups is 1. The lowest BCUT2D eigenvalue weighted by Gasteiger charge is -2.08. The van der Waals surface area contributed by atoms with E-state index in [-0.39, 0.29) is 29.1 Å². The third-order valence-electron chi connectivity index (χ3n) is 2.70. The topological polar surface area (TPSA) is 93.8 Å². The third-order valence-corrected chi connectivity index (χ3v) is 4.30. The highest BCUT2D eigenvalue weighted by Crippen LogP contribution is 2.17. The minimum Gasteiger partial charge on any atom is -0.475 e. The van der Waals surface area contributed by atoms with Crippen LogP contribution < -0.4 is 0 Å². The van der Waals surface area contributed by atoms with Crippen molar-refractivity contribution >= 4 is 15.8 Å². The number of carboxylic acids is 1. The Bertz CT molecular complexity index is 523. The van der Waals surface area contributed by atoms with Gasteiger partial charge >= 0.3 is 5.97 Å². The largest absolute Gasteiger partial charge is 0.475 e. The van der Waals surface area contributed by atoms with Crippen molar-refractivity contribution in [3.05, 3.63) is 23.7 Å². The van der Waals surface area contributed by atoms with Gasteiger partial charge < -0.3 is 14.3 Å². The average Bonchev–Trinajstić information content (AvgIpc) is 2.87. The second-order valence-electron chi connectivity index (χ2n) is 4.26. The fourth-order valence-electron chi connectivity index (χ4n) is 1.91. The van der Waals surface area contributed by atoms with Gasteiger partial charge in [0.2, 0.25) is 5.76 Å². The smallest absolute Gasteiger partial charge is 0.371 e. The van der Waals surface area contributed by atoms with Crippen LogP contribution >= 0.6 is 0 Å². The van der Waals surface area contributed by atoms with Crippen LogP contribution in [0.5, 0.6) is 0 Å². The van der Waals surface area contributed by atoms with Gasteiger partial charge in [-0.25, -0.2) is 13.2 Å². The molecule has 2 heterocycles. The lowest BCUT2D eigenvalue weighted by atomic mass is 10.3. The number of furan rings is 1. The Hall–Kier alpha value is -1.34. The van der Waals surface area contributed by atoms with Crippen LogP contribution in [0.15, 0.2) is 16.5 Å². The summed E-state index contributed by atoms with van der Waals surface area (Å²) in [5.74, 6) is -1.66. The first kappa shape index (κ1) is 13.1. The summed E-state index contributed by atoms with van der Waals surface area (Å²) in [6, 6.07) is 2.62. The summed E-state index contributed by atoms with van der Waals surface area (Å²) >= 11 is 0. The second-order valence-corrected chi connectivity index (χ2v) is 6.37. The maximum Gasteiger partial charge on any atom is 0.371 e. The molecule has 1 fully saturated rings. The predicted octanol–water partition coefficient (Wildman–Crippen LogP) is 1.07. The van der Waals surface area contributed by atoms with Crippen molar-refractivity contribution in [2.45, 2.75) is 24.7 Å². The van der Waals surface area contributed by atoms with E-state index in [0.29, 0.717) is 6.61 Å². The van der Waals surface area contributed by atoms with E-state index in [0.717, 1.165) is 12.8 Å². The van der Waals surface area contributed by atoms with Crippen molar-refractivity contribution in [1.29, 1.82) is 0 Å². The van der Waals surface area contributed by atoms with Crippen molar-refractivity contribution in [3.63, 3.8) is 0 Å². The van der Waals surface area contributed by atoms with Crippen molar-refractivity contribution in [2.24, 2.45) is 0 Å². The van der Waals surface area contributed by atoms with E-state index in [1.54, 1.807) is 0 Å². The molecule has 1 saturated heterocycles. The van der Waals surface area contributed by atoms with E-state index in [1.165, 1.54) is 12.1 Å². The molecular weight excluding hydrogens is 260 g/mol. The summed E-state index contributed by atoms with van der Waals surface area (Å²) in [5.41, 5.74) is 0. The quantitative estimate of drug-likeness (QED) is 0.863. The summed E-state index contributed by atoms with van der Waals surface area (Å²) in [4.78, 5) is 10.6. The Labute approximate surface area is 104 Å². The molecule has 1 aromatic heterocycles. The van der Waals surface area contributed by atoms with Crippen LogP contribution in [-0.4, -0.2) is 38.0 Å². The van der Waals surface area contributed by atoms with Crippen LogP contribution in [-0.2, 0) is 20.3 Å². The lowest BCUT2D eigenvalue weighted by molar-refractivity contribution is 0.0660. The molecule has 1 N–H and O–H groups in total. The number of ether oxygens (including phenoxy) is 1. The first-order valence-corrected chi connectivity index (χ1v) is 7.42. The Balaban J connectivity index is 2.00. The Morgan fingerprint density at radius 2 is 2.22 bits per heavy atom. The Morgan fingerprint density at radius 3 is 2.78 bits per heavy atom. The summed E-state index contributed by atoms with van der Waals surface area (Å²) in [7, 11) is -3.34. The van der Waals surface area contributed by atoms with Crippen molar-refractivity contribution in [2.75, 3.05) is 12.4 Å². The number of hydrogen-bond donors (Lipinski definition) is 1. The van der Waals surface area contributed by atoms with Crippen LogP contribution in [0, 0.1) is 0 Å². The standard InChI is InChI=1S/C11H14O6S/c12-11(13)10-4-3-9(17-10)7-18(14,15)6-8-2-1-5-16-8/h3-4,8H,1-2,5-7H2,(H,12,13). The van der Waals surface area contributed by atoms with Crippen LogP contribution in [0.4, 0.5) is 0 Å². The number of sulfone groups is 1. The van der Waals surface area contributed by atoms with Crippen molar-refractivity contribution < 1.29 is 27.5 Å². The van der Waals surface area contributed by atoms with Crippen molar-refractivity contribution in [1.82, 2.24) is 0 Å². The summed E-state index contributed by atoms with van der Waals surface area (Å²) in [6.45, 7) is 0.601. The summed E-state index contributed by atoms with van der Waals surface area (Å²) < 4.78 is 33.9. The molecule has 2 rings (SSSR count). The number of carboxylic acid groups (broad SMARTS) is 1. The highest BCUT2D eigenvalue weighted by Gasteiger charge is 2.24. The van der Waals surface area contributed by atoms with Gasteiger partial charge in [0.1, 0.15) is 11.5 Å². The van der Waals surface area contributed by atoms with Gasteiger partial charge in [0.05, 0.1) is 11.9 Å². The fraction of sp³-hybridized carbons (Fsp3) is 0.545. The molecule has 100 valence electrons. The van der Waals surface area contributed by atoms with Gasteiger partial charge in [-0.05, 0) is 25.0 Å². The third kappa shape index (κ3) is 3.33. The van der Waals surface area contributed by atoms with E-state index in [1.807, 2.05) is 0 Å². The maximum atomic E-state index is 11.8. The van der Waals surface area contributed by atoms with Gasteiger partial charge in [-0.3, -0.25) is 0 Å². The maximum absolute atomic E-state index is 11.8. The molecule has 1 aliphatic heterocycles. The molecule has 1 aliphatic rings. The van der Waals surface area contributed by atoms with Crippen molar-refractivity contribution in [3.8, 4) is 0 Å². The molecule has 18 heavy (non-hydrogen) atoms. The monoisotopic (exact) mass is 274 g/mol. The zero-order valence-electron chi connectivity index (χ0n) is 9.66. The highest BCUT2D eigenvalue weighted by molar-refractivity contribution is 7.90. The SMILES string of the molecule is O=C(O)c1ccc(CS(=O)(=O)CC2CCCO2)o1. The van der Waals surface area contributed by atoms with Crippen LogP contribution in [0.3, 0.4) is 0 Å². The Kier molecular flexibility index (Phi) is 3.72. The molecule has 0 saturated carbocycles. The molecule has 0 spiro atoms. The van der Waals surface area contributed by atoms with E-state index >= 15 is 0 Å². The van der Waals surface area contributed by atoms with Gasteiger partial charge in [0.15, 0.2) is 9.84 Å². The molecule has 6 nitrogen and oxygen atoms in total. The van der Waals surface area contributed by atoms with E-state index in [2.05, 4.69) is 0 Å². The summed E-state index contributed by atoms with van der Waals surface area (Å²) in [5, 5.41) is 8.66. The van der Waals surface area contributed by atoms with Gasteiger partial charge in [0, 0.05) is 6.61 Å². The predicted molar refractivity (Wildman–Crippen MR) is 62.1 cm³/mol. The molecule has 0 bridgehead atoms. The molecule has 7 heteroatoms. The number of hydrogen-bond acceptors (Lipinski definition) is 5. The van der Waals surface area contributed by atoms with E-state index < -0.39 is 15.8 Å². The van der Waals surface area contributed by atoms with Gasteiger partial charge in [-0.15, -0.1) is 0 Å². The molecule has 0 radical (unpaired) electrons. The molecular formula is C11H14O6S. The van der Waals surface area contributed by atoms with Gasteiger partial charge in [-0.1, -0.05) is 0 Å². The first-order valence-electron chi connectivity index (χ1n) is 5.60. The van der Waals surface area contributed by atoms with E-state index in [9.17, 15) is 13.2 Å². The summed E-state index contributed by atoms with van der Waals surface area (Å²) in [6.07, 6.45) is 1.38. The molecule has 1 atom stereocenters. The molecule has 1 unspecified atom stereocenters.